The molecule has 0 bridgehead atoms. The molecule has 106 valence electrons. The highest BCUT2D eigenvalue weighted by atomic mass is 32.2. The molecule has 0 N–H and O–H groups in total. The van der Waals surface area contributed by atoms with E-state index in [1.807, 2.05) is 32.2 Å². The van der Waals surface area contributed by atoms with Crippen molar-refractivity contribution in [3.05, 3.63) is 52.7 Å². The minimum Gasteiger partial charge on any atom is -0.207 e. The number of thioether (sulfide) groups is 1. The molecule has 0 atom stereocenters. The predicted octanol–water partition coefficient (Wildman–Crippen LogP) is 6.49. The molecule has 0 aromatic heterocycles. The second kappa shape index (κ2) is 9.85. The van der Waals surface area contributed by atoms with Gasteiger partial charge in [0.1, 0.15) is 5.82 Å². The highest BCUT2D eigenvalue weighted by Crippen LogP contribution is 2.29. The monoisotopic (exact) mass is 280 g/mol. The van der Waals surface area contributed by atoms with Gasteiger partial charge in [-0.1, -0.05) is 57.7 Å². The summed E-state index contributed by atoms with van der Waals surface area (Å²) in [6, 6.07) is 3.55. The van der Waals surface area contributed by atoms with Crippen LogP contribution in [0.2, 0.25) is 0 Å². The van der Waals surface area contributed by atoms with E-state index in [1.165, 1.54) is 0 Å². The van der Waals surface area contributed by atoms with Gasteiger partial charge in [-0.3, -0.25) is 0 Å². The third-order valence-electron chi connectivity index (χ3n) is 2.69. The van der Waals surface area contributed by atoms with Crippen molar-refractivity contribution in [2.45, 2.75) is 47.5 Å². The Balaban J connectivity index is 0.00000154. The van der Waals surface area contributed by atoms with E-state index in [0.717, 1.165) is 28.9 Å². The molecule has 0 saturated heterocycles. The molecule has 1 aromatic rings. The van der Waals surface area contributed by atoms with Crippen LogP contribution in [0.25, 0.3) is 4.91 Å². The Morgan fingerprint density at radius 2 is 1.95 bits per heavy atom. The zero-order valence-corrected chi connectivity index (χ0v) is 13.5. The number of aryl methyl sites for hydroxylation is 1. The van der Waals surface area contributed by atoms with E-state index in [9.17, 15) is 4.39 Å². The molecule has 0 aliphatic heterocycles. The summed E-state index contributed by atoms with van der Waals surface area (Å²) in [5.41, 5.74) is 2.56. The zero-order chi connectivity index (χ0) is 14.8. The minimum atomic E-state index is -0.153. The first kappa shape index (κ1) is 18.0. The number of halogens is 1. The molecular weight excluding hydrogens is 255 g/mol. The third-order valence-corrected chi connectivity index (χ3v) is 3.54. The van der Waals surface area contributed by atoms with Crippen molar-refractivity contribution in [3.8, 4) is 0 Å². The smallest absolute Gasteiger partial charge is 0.127 e. The van der Waals surface area contributed by atoms with Crippen LogP contribution in [-0.4, -0.2) is 0 Å². The maximum Gasteiger partial charge on any atom is 0.127 e. The Kier molecular flexibility index (Phi) is 9.32. The summed E-state index contributed by atoms with van der Waals surface area (Å²) in [5, 5.41) is 2.03. The standard InChI is InChI=1S/C15H19FS.C2H6/c1-5-6-7-8-17-13(4)14-9-11(2)12(3)15(16)10-14;1-2/h7-10H,4-6H2,1-3H3;1-2H3/b8-7-;. The maximum atomic E-state index is 13.6. The highest BCUT2D eigenvalue weighted by molar-refractivity contribution is 8.10. The van der Waals surface area contributed by atoms with Gasteiger partial charge in [-0.2, -0.15) is 0 Å². The average molecular weight is 280 g/mol. The first-order valence-electron chi connectivity index (χ1n) is 6.84. The van der Waals surface area contributed by atoms with Crippen molar-refractivity contribution in [2.24, 2.45) is 0 Å². The molecular formula is C17H25FS. The molecule has 1 aromatic carbocycles. The van der Waals surface area contributed by atoms with E-state index in [0.29, 0.717) is 5.56 Å². The maximum absolute atomic E-state index is 13.6. The first-order valence-corrected chi connectivity index (χ1v) is 7.72. The molecule has 0 heterocycles. The van der Waals surface area contributed by atoms with Crippen molar-refractivity contribution in [1.29, 1.82) is 0 Å². The topological polar surface area (TPSA) is 0 Å². The molecule has 19 heavy (non-hydrogen) atoms. The van der Waals surface area contributed by atoms with Crippen LogP contribution in [0.5, 0.6) is 0 Å². The largest absolute Gasteiger partial charge is 0.207 e. The van der Waals surface area contributed by atoms with E-state index in [1.54, 1.807) is 24.8 Å². The third kappa shape index (κ3) is 6.11. The van der Waals surface area contributed by atoms with Gasteiger partial charge in [0.25, 0.3) is 0 Å². The lowest BCUT2D eigenvalue weighted by molar-refractivity contribution is 0.616. The highest BCUT2D eigenvalue weighted by Gasteiger charge is 2.05. The lowest BCUT2D eigenvalue weighted by Crippen LogP contribution is -1.90. The lowest BCUT2D eigenvalue weighted by Gasteiger charge is -2.07. The molecule has 0 radical (unpaired) electrons. The molecule has 0 fully saturated rings. The summed E-state index contributed by atoms with van der Waals surface area (Å²) < 4.78 is 13.6. The number of allylic oxidation sites excluding steroid dienone is 1. The van der Waals surface area contributed by atoms with Gasteiger partial charge in [0, 0.05) is 4.91 Å². The Morgan fingerprint density at radius 3 is 2.47 bits per heavy atom. The summed E-state index contributed by atoms with van der Waals surface area (Å²) in [4.78, 5) is 0.888. The Hall–Kier alpha value is -1.02. The van der Waals surface area contributed by atoms with Crippen LogP contribution >= 0.6 is 11.8 Å². The van der Waals surface area contributed by atoms with Crippen LogP contribution in [0.1, 0.15) is 50.3 Å². The quantitative estimate of drug-likeness (QED) is 0.594. The van der Waals surface area contributed by atoms with Gasteiger partial charge in [0.2, 0.25) is 0 Å². The molecule has 2 heteroatoms. The summed E-state index contributed by atoms with van der Waals surface area (Å²) in [7, 11) is 0. The van der Waals surface area contributed by atoms with E-state index in [2.05, 4.69) is 19.6 Å². The van der Waals surface area contributed by atoms with Gasteiger partial charge in [0.05, 0.1) is 0 Å². The number of hydrogen-bond donors (Lipinski definition) is 0. The van der Waals surface area contributed by atoms with Crippen LogP contribution in [0.4, 0.5) is 4.39 Å². The predicted molar refractivity (Wildman–Crippen MR) is 87.9 cm³/mol. The Bertz CT molecular complexity index is 410. The molecule has 0 spiro atoms. The zero-order valence-electron chi connectivity index (χ0n) is 12.7. The second-order valence-electron chi connectivity index (χ2n) is 4.10. The minimum absolute atomic E-state index is 0.153. The van der Waals surface area contributed by atoms with Gasteiger partial charge < -0.3 is 0 Å². The Labute approximate surface area is 121 Å². The van der Waals surface area contributed by atoms with Gasteiger partial charge >= 0.3 is 0 Å². The number of benzene rings is 1. The fourth-order valence-corrected chi connectivity index (χ4v) is 2.06. The number of unbranched alkanes of at least 4 members (excludes halogenated alkanes) is 1. The van der Waals surface area contributed by atoms with Gasteiger partial charge in [-0.15, -0.1) is 0 Å². The molecule has 0 unspecified atom stereocenters. The van der Waals surface area contributed by atoms with Crippen molar-refractivity contribution in [2.75, 3.05) is 0 Å². The number of rotatable bonds is 5. The van der Waals surface area contributed by atoms with E-state index in [4.69, 9.17) is 0 Å². The molecule has 1 rings (SSSR count). The molecule has 0 aliphatic carbocycles. The fraction of sp³-hybridized carbons (Fsp3) is 0.412. The average Bonchev–Trinajstić information content (AvgIpc) is 2.42. The van der Waals surface area contributed by atoms with Crippen LogP contribution < -0.4 is 0 Å². The van der Waals surface area contributed by atoms with Crippen LogP contribution in [0.15, 0.2) is 30.2 Å². The van der Waals surface area contributed by atoms with Crippen LogP contribution in [0.3, 0.4) is 0 Å². The first-order chi connectivity index (χ1) is 9.06. The molecule has 0 amide bonds. The SMILES string of the molecule is C=C(S/C=C\CCC)c1cc(C)c(C)c(F)c1.CC. The van der Waals surface area contributed by atoms with Gasteiger partial charge in [-0.25, -0.2) is 4.39 Å². The van der Waals surface area contributed by atoms with Crippen molar-refractivity contribution in [3.63, 3.8) is 0 Å². The normalized spacial score (nSPS) is 10.2. The second-order valence-corrected chi connectivity index (χ2v) is 5.10. The van der Waals surface area contributed by atoms with Gasteiger partial charge in [-0.05, 0) is 48.4 Å². The van der Waals surface area contributed by atoms with E-state index < -0.39 is 0 Å². The summed E-state index contributed by atoms with van der Waals surface area (Å²) >= 11 is 1.55. The Morgan fingerprint density at radius 1 is 1.32 bits per heavy atom. The summed E-state index contributed by atoms with van der Waals surface area (Å²) in [6.45, 7) is 13.8. The van der Waals surface area contributed by atoms with Gasteiger partial charge in [0.15, 0.2) is 0 Å². The lowest BCUT2D eigenvalue weighted by atomic mass is 10.1. The van der Waals surface area contributed by atoms with Crippen molar-refractivity contribution in [1.82, 2.24) is 0 Å². The fourth-order valence-electron chi connectivity index (χ4n) is 1.41. The molecule has 0 nitrogen and oxygen atoms in total. The molecule has 0 saturated carbocycles. The van der Waals surface area contributed by atoms with E-state index in [-0.39, 0.29) is 5.82 Å². The van der Waals surface area contributed by atoms with Crippen LogP contribution in [0, 0.1) is 19.7 Å². The molecule has 0 aliphatic rings. The summed E-state index contributed by atoms with van der Waals surface area (Å²) in [5.74, 6) is -0.153. The van der Waals surface area contributed by atoms with Crippen molar-refractivity contribution >= 4 is 16.7 Å². The van der Waals surface area contributed by atoms with Crippen LogP contribution in [-0.2, 0) is 0 Å². The number of hydrogen-bond acceptors (Lipinski definition) is 1. The van der Waals surface area contributed by atoms with E-state index >= 15 is 0 Å². The van der Waals surface area contributed by atoms with Crippen molar-refractivity contribution < 1.29 is 4.39 Å². The summed E-state index contributed by atoms with van der Waals surface area (Å²) in [6.07, 6.45) is 4.33.